The predicted molar refractivity (Wildman–Crippen MR) is 78.0 cm³/mol. The molecule has 0 aromatic heterocycles. The molecule has 4 heteroatoms. The van der Waals surface area contributed by atoms with Gasteiger partial charge in [0.15, 0.2) is 0 Å². The highest BCUT2D eigenvalue weighted by molar-refractivity contribution is 9.10. The highest BCUT2D eigenvalue weighted by Gasteiger charge is 2.13. The van der Waals surface area contributed by atoms with Gasteiger partial charge in [-0.3, -0.25) is 4.79 Å². The van der Waals surface area contributed by atoms with Crippen molar-refractivity contribution in [2.75, 3.05) is 5.32 Å². The Morgan fingerprint density at radius 3 is 2.68 bits per heavy atom. The molecule has 0 aliphatic carbocycles. The molecule has 0 spiro atoms. The molecule has 1 N–H and O–H groups in total. The lowest BCUT2D eigenvalue weighted by atomic mass is 10.1. The maximum atomic E-state index is 13.6. The van der Waals surface area contributed by atoms with E-state index in [1.807, 2.05) is 26.0 Å². The summed E-state index contributed by atoms with van der Waals surface area (Å²) in [5, 5.41) is 2.74. The Kier molecular flexibility index (Phi) is 4.00. The Hall–Kier alpha value is -1.68. The summed E-state index contributed by atoms with van der Waals surface area (Å²) in [6, 6.07) is 9.91. The number of carbonyl (C=O) groups is 1. The molecule has 0 radical (unpaired) electrons. The lowest BCUT2D eigenvalue weighted by Gasteiger charge is -2.11. The van der Waals surface area contributed by atoms with Crippen molar-refractivity contribution in [3.05, 3.63) is 63.4 Å². The average Bonchev–Trinajstić information content (AvgIpc) is 2.38. The summed E-state index contributed by atoms with van der Waals surface area (Å²) in [7, 11) is 0. The van der Waals surface area contributed by atoms with Crippen LogP contribution in [0.1, 0.15) is 21.5 Å². The van der Waals surface area contributed by atoms with E-state index in [1.54, 1.807) is 12.1 Å². The second-order valence-corrected chi connectivity index (χ2v) is 5.24. The first-order valence-corrected chi connectivity index (χ1v) is 6.61. The number of halogens is 2. The first kappa shape index (κ1) is 13.7. The Bertz CT molecular complexity index is 640. The second kappa shape index (κ2) is 5.53. The van der Waals surface area contributed by atoms with E-state index in [2.05, 4.69) is 21.2 Å². The minimum Gasteiger partial charge on any atom is -0.322 e. The van der Waals surface area contributed by atoms with E-state index >= 15 is 0 Å². The molecule has 0 saturated carbocycles. The minimum atomic E-state index is -0.536. The van der Waals surface area contributed by atoms with Crippen molar-refractivity contribution in [3.63, 3.8) is 0 Å². The Balaban J connectivity index is 2.31. The van der Waals surface area contributed by atoms with Gasteiger partial charge in [-0.2, -0.15) is 0 Å². The van der Waals surface area contributed by atoms with Gasteiger partial charge in [0.25, 0.3) is 5.91 Å². The van der Waals surface area contributed by atoms with Crippen LogP contribution in [-0.4, -0.2) is 5.91 Å². The summed E-state index contributed by atoms with van der Waals surface area (Å²) in [5.41, 5.74) is 2.78. The molecule has 0 saturated heterocycles. The molecular formula is C15H13BrFNO. The van der Waals surface area contributed by atoms with Crippen molar-refractivity contribution in [1.29, 1.82) is 0 Å². The lowest BCUT2D eigenvalue weighted by Crippen LogP contribution is -2.14. The topological polar surface area (TPSA) is 29.1 Å². The van der Waals surface area contributed by atoms with Gasteiger partial charge in [0.2, 0.25) is 0 Å². The molecule has 1 amide bonds. The number of hydrogen-bond donors (Lipinski definition) is 1. The zero-order valence-corrected chi connectivity index (χ0v) is 12.2. The Labute approximate surface area is 119 Å². The van der Waals surface area contributed by atoms with Crippen LogP contribution in [0.15, 0.2) is 40.9 Å². The third-order valence-electron chi connectivity index (χ3n) is 3.03. The van der Waals surface area contributed by atoms with Crippen molar-refractivity contribution >= 4 is 27.5 Å². The van der Waals surface area contributed by atoms with E-state index in [0.29, 0.717) is 10.2 Å². The summed E-state index contributed by atoms with van der Waals surface area (Å²) in [4.78, 5) is 12.1. The number of aryl methyl sites for hydroxylation is 1. The molecule has 0 aliphatic heterocycles. The predicted octanol–water partition coefficient (Wildman–Crippen LogP) is 4.46. The van der Waals surface area contributed by atoms with Crippen LogP contribution in [0.25, 0.3) is 0 Å². The molecule has 0 fully saturated rings. The fourth-order valence-corrected chi connectivity index (χ4v) is 2.11. The van der Waals surface area contributed by atoms with Gasteiger partial charge in [-0.25, -0.2) is 4.39 Å². The number of amides is 1. The van der Waals surface area contributed by atoms with Crippen LogP contribution >= 0.6 is 15.9 Å². The standard InChI is InChI=1S/C15H13BrFNO/c1-9-4-3-5-14(10(9)2)18-15(19)12-8-11(16)6-7-13(12)17/h3-8H,1-2H3,(H,18,19). The largest absolute Gasteiger partial charge is 0.322 e. The van der Waals surface area contributed by atoms with Crippen LogP contribution in [0.3, 0.4) is 0 Å². The van der Waals surface area contributed by atoms with Crippen molar-refractivity contribution in [2.45, 2.75) is 13.8 Å². The number of carbonyl (C=O) groups excluding carboxylic acids is 1. The summed E-state index contributed by atoms with van der Waals surface area (Å²) < 4.78 is 14.3. The maximum absolute atomic E-state index is 13.6. The highest BCUT2D eigenvalue weighted by atomic mass is 79.9. The van der Waals surface area contributed by atoms with Gasteiger partial charge >= 0.3 is 0 Å². The normalized spacial score (nSPS) is 10.3. The molecule has 0 unspecified atom stereocenters. The highest BCUT2D eigenvalue weighted by Crippen LogP contribution is 2.21. The fourth-order valence-electron chi connectivity index (χ4n) is 1.75. The quantitative estimate of drug-likeness (QED) is 0.869. The number of rotatable bonds is 2. The number of hydrogen-bond acceptors (Lipinski definition) is 1. The zero-order valence-electron chi connectivity index (χ0n) is 10.6. The molecule has 0 heterocycles. The van der Waals surface area contributed by atoms with Gasteiger partial charge in [-0.1, -0.05) is 28.1 Å². The van der Waals surface area contributed by atoms with Gasteiger partial charge in [-0.15, -0.1) is 0 Å². The Morgan fingerprint density at radius 1 is 1.21 bits per heavy atom. The second-order valence-electron chi connectivity index (χ2n) is 4.33. The molecule has 19 heavy (non-hydrogen) atoms. The zero-order chi connectivity index (χ0) is 14.0. The monoisotopic (exact) mass is 321 g/mol. The molecule has 2 aromatic rings. The van der Waals surface area contributed by atoms with Crippen LogP contribution in [0.5, 0.6) is 0 Å². The third-order valence-corrected chi connectivity index (χ3v) is 3.52. The van der Waals surface area contributed by atoms with E-state index in [-0.39, 0.29) is 5.56 Å². The van der Waals surface area contributed by atoms with Gasteiger partial charge in [0.1, 0.15) is 5.82 Å². The van der Waals surface area contributed by atoms with Crippen LogP contribution in [0, 0.1) is 19.7 Å². The van der Waals surface area contributed by atoms with Crippen LogP contribution in [0.4, 0.5) is 10.1 Å². The molecule has 98 valence electrons. The van der Waals surface area contributed by atoms with E-state index in [0.717, 1.165) is 11.1 Å². The molecule has 2 nitrogen and oxygen atoms in total. The first-order chi connectivity index (χ1) is 8.99. The van der Waals surface area contributed by atoms with Crippen LogP contribution in [0.2, 0.25) is 0 Å². The molecule has 0 bridgehead atoms. The van der Waals surface area contributed by atoms with Gasteiger partial charge in [0.05, 0.1) is 5.56 Å². The van der Waals surface area contributed by atoms with Crippen molar-refractivity contribution in [2.24, 2.45) is 0 Å². The van der Waals surface area contributed by atoms with Crippen LogP contribution in [-0.2, 0) is 0 Å². The summed E-state index contributed by atoms with van der Waals surface area (Å²) in [6.45, 7) is 3.88. The van der Waals surface area contributed by atoms with Gasteiger partial charge in [-0.05, 0) is 49.2 Å². The minimum absolute atomic E-state index is 0.0234. The number of anilines is 1. The lowest BCUT2D eigenvalue weighted by molar-refractivity contribution is 0.102. The third kappa shape index (κ3) is 3.01. The molecule has 0 atom stereocenters. The smallest absolute Gasteiger partial charge is 0.258 e. The summed E-state index contributed by atoms with van der Waals surface area (Å²) >= 11 is 3.23. The summed E-state index contributed by atoms with van der Waals surface area (Å²) in [6.07, 6.45) is 0. The Morgan fingerprint density at radius 2 is 1.95 bits per heavy atom. The summed E-state index contributed by atoms with van der Waals surface area (Å²) in [5.74, 6) is -0.987. The molecule has 0 aliphatic rings. The van der Waals surface area contributed by atoms with Crippen molar-refractivity contribution in [3.8, 4) is 0 Å². The number of benzene rings is 2. The van der Waals surface area contributed by atoms with Gasteiger partial charge in [0, 0.05) is 10.2 Å². The van der Waals surface area contributed by atoms with Gasteiger partial charge < -0.3 is 5.32 Å². The molecular weight excluding hydrogens is 309 g/mol. The molecule has 2 rings (SSSR count). The van der Waals surface area contributed by atoms with Crippen molar-refractivity contribution < 1.29 is 9.18 Å². The maximum Gasteiger partial charge on any atom is 0.258 e. The van der Waals surface area contributed by atoms with E-state index < -0.39 is 11.7 Å². The van der Waals surface area contributed by atoms with E-state index in [1.165, 1.54) is 12.1 Å². The number of nitrogens with one attached hydrogen (secondary N) is 1. The SMILES string of the molecule is Cc1cccc(NC(=O)c2cc(Br)ccc2F)c1C. The fraction of sp³-hybridized carbons (Fsp3) is 0.133. The average molecular weight is 322 g/mol. The van der Waals surface area contributed by atoms with Crippen molar-refractivity contribution in [1.82, 2.24) is 0 Å². The van der Waals surface area contributed by atoms with E-state index in [4.69, 9.17) is 0 Å². The first-order valence-electron chi connectivity index (χ1n) is 5.81. The van der Waals surface area contributed by atoms with Crippen LogP contribution < -0.4 is 5.32 Å². The van der Waals surface area contributed by atoms with E-state index in [9.17, 15) is 9.18 Å². The molecule has 2 aromatic carbocycles.